The van der Waals surface area contributed by atoms with E-state index in [1.807, 2.05) is 0 Å². The molecule has 0 saturated heterocycles. The third-order valence-electron chi connectivity index (χ3n) is 6.49. The topological polar surface area (TPSA) is 44.5 Å². The molecule has 0 aliphatic heterocycles. The van der Waals surface area contributed by atoms with Crippen LogP contribution in [0.25, 0.3) is 0 Å². The molecule has 0 bridgehead atoms. The second-order valence-electron chi connectivity index (χ2n) is 7.94. The van der Waals surface area contributed by atoms with Gasteiger partial charge < -0.3 is 15.2 Å². The van der Waals surface area contributed by atoms with E-state index in [0.717, 1.165) is 18.7 Å². The number of hydrogen-bond donors (Lipinski definition) is 1. The van der Waals surface area contributed by atoms with E-state index in [9.17, 15) is 0 Å². The summed E-state index contributed by atoms with van der Waals surface area (Å²) in [5.41, 5.74) is 9.66. The van der Waals surface area contributed by atoms with E-state index >= 15 is 0 Å². The SMILES string of the molecule is COC.COc1ccc2c(c1)[C@@]1(C)CCCCC1(C)CC2CCN. The van der Waals surface area contributed by atoms with Gasteiger partial charge in [0.2, 0.25) is 0 Å². The first-order chi connectivity index (χ1) is 11.5. The highest BCUT2D eigenvalue weighted by atomic mass is 16.5. The molecule has 0 radical (unpaired) electrons. The van der Waals surface area contributed by atoms with Crippen LogP contribution in [0.3, 0.4) is 0 Å². The highest BCUT2D eigenvalue weighted by Gasteiger charge is 2.52. The van der Waals surface area contributed by atoms with Gasteiger partial charge in [-0.3, -0.25) is 0 Å². The molecule has 0 heterocycles. The van der Waals surface area contributed by atoms with E-state index in [-0.39, 0.29) is 0 Å². The van der Waals surface area contributed by atoms with Gasteiger partial charge in [-0.25, -0.2) is 0 Å². The van der Waals surface area contributed by atoms with Gasteiger partial charge in [0.05, 0.1) is 7.11 Å². The van der Waals surface area contributed by atoms with E-state index in [1.54, 1.807) is 21.3 Å². The highest BCUT2D eigenvalue weighted by molar-refractivity contribution is 5.46. The van der Waals surface area contributed by atoms with Crippen molar-refractivity contribution in [3.63, 3.8) is 0 Å². The standard InChI is InChI=1S/C19H29NO.C2H6O/c1-18-9-4-5-10-19(18,2)17-12-15(21-3)6-7-16(17)14(13-18)8-11-20;1-3-2/h6-7,12,14H,4-5,8-11,13,20H2,1-3H3;1-2H3/t14?,18?,19-;/m1./s1. The molecule has 1 fully saturated rings. The molecule has 2 aliphatic carbocycles. The minimum Gasteiger partial charge on any atom is -0.497 e. The van der Waals surface area contributed by atoms with E-state index in [1.165, 1.54) is 43.2 Å². The quantitative estimate of drug-likeness (QED) is 0.877. The van der Waals surface area contributed by atoms with Gasteiger partial charge in [-0.1, -0.05) is 32.8 Å². The largest absolute Gasteiger partial charge is 0.497 e. The summed E-state index contributed by atoms with van der Waals surface area (Å²) in [4.78, 5) is 0. The molecular weight excluding hydrogens is 298 g/mol. The molecule has 3 atom stereocenters. The predicted octanol–water partition coefficient (Wildman–Crippen LogP) is 4.63. The van der Waals surface area contributed by atoms with Crippen molar-refractivity contribution in [3.8, 4) is 5.75 Å². The number of methoxy groups -OCH3 is 2. The van der Waals surface area contributed by atoms with Gasteiger partial charge in [0, 0.05) is 14.2 Å². The molecule has 2 aliphatic rings. The van der Waals surface area contributed by atoms with Crippen LogP contribution in [0.2, 0.25) is 0 Å². The molecule has 0 aromatic heterocycles. The fourth-order valence-electron chi connectivity index (χ4n) is 4.97. The van der Waals surface area contributed by atoms with Crippen LogP contribution in [-0.4, -0.2) is 27.9 Å². The van der Waals surface area contributed by atoms with Gasteiger partial charge >= 0.3 is 0 Å². The molecule has 2 N–H and O–H groups in total. The molecule has 3 heteroatoms. The average Bonchev–Trinajstić information content (AvgIpc) is 2.57. The van der Waals surface area contributed by atoms with Crippen LogP contribution in [0.15, 0.2) is 18.2 Å². The smallest absolute Gasteiger partial charge is 0.119 e. The molecule has 2 unspecified atom stereocenters. The Morgan fingerprint density at radius 1 is 1.12 bits per heavy atom. The van der Waals surface area contributed by atoms with Crippen molar-refractivity contribution >= 4 is 0 Å². The Labute approximate surface area is 147 Å². The van der Waals surface area contributed by atoms with Crippen LogP contribution in [0.5, 0.6) is 5.75 Å². The minimum absolute atomic E-state index is 0.292. The molecule has 24 heavy (non-hydrogen) atoms. The van der Waals surface area contributed by atoms with Crippen LogP contribution in [0.1, 0.15) is 69.4 Å². The molecular formula is C21H35NO2. The lowest BCUT2D eigenvalue weighted by Crippen LogP contribution is -2.48. The number of fused-ring (bicyclic) bond motifs is 3. The summed E-state index contributed by atoms with van der Waals surface area (Å²) in [5.74, 6) is 1.61. The Morgan fingerprint density at radius 3 is 2.42 bits per heavy atom. The number of benzene rings is 1. The summed E-state index contributed by atoms with van der Waals surface area (Å²) in [5, 5.41) is 0. The van der Waals surface area contributed by atoms with Crippen molar-refractivity contribution in [1.29, 1.82) is 0 Å². The molecule has 3 nitrogen and oxygen atoms in total. The Balaban J connectivity index is 0.000000647. The van der Waals surface area contributed by atoms with Crippen molar-refractivity contribution in [2.45, 2.75) is 63.7 Å². The van der Waals surface area contributed by atoms with Gasteiger partial charge in [0.25, 0.3) is 0 Å². The number of nitrogens with two attached hydrogens (primary N) is 1. The van der Waals surface area contributed by atoms with Gasteiger partial charge in [-0.2, -0.15) is 0 Å². The monoisotopic (exact) mass is 333 g/mol. The predicted molar refractivity (Wildman–Crippen MR) is 101 cm³/mol. The molecule has 0 spiro atoms. The molecule has 1 saturated carbocycles. The van der Waals surface area contributed by atoms with Crippen LogP contribution in [-0.2, 0) is 10.2 Å². The lowest BCUT2D eigenvalue weighted by atomic mass is 9.48. The average molecular weight is 334 g/mol. The maximum Gasteiger partial charge on any atom is 0.119 e. The van der Waals surface area contributed by atoms with Crippen LogP contribution in [0, 0.1) is 5.41 Å². The number of ether oxygens (including phenoxy) is 2. The molecule has 3 rings (SSSR count). The zero-order chi connectivity index (χ0) is 17.8. The first-order valence-electron chi connectivity index (χ1n) is 9.24. The van der Waals surface area contributed by atoms with Crippen LogP contribution >= 0.6 is 0 Å². The third-order valence-corrected chi connectivity index (χ3v) is 6.49. The highest BCUT2D eigenvalue weighted by Crippen LogP contribution is 2.61. The fourth-order valence-corrected chi connectivity index (χ4v) is 4.97. The lowest BCUT2D eigenvalue weighted by Gasteiger charge is -2.56. The second-order valence-corrected chi connectivity index (χ2v) is 7.94. The summed E-state index contributed by atoms with van der Waals surface area (Å²) in [7, 11) is 5.02. The van der Waals surface area contributed by atoms with Gasteiger partial charge in [-0.15, -0.1) is 0 Å². The van der Waals surface area contributed by atoms with E-state index in [0.29, 0.717) is 16.7 Å². The maximum atomic E-state index is 5.89. The Morgan fingerprint density at radius 2 is 1.79 bits per heavy atom. The van der Waals surface area contributed by atoms with Crippen molar-refractivity contribution in [1.82, 2.24) is 0 Å². The fraction of sp³-hybridized carbons (Fsp3) is 0.714. The molecule has 136 valence electrons. The van der Waals surface area contributed by atoms with Crippen LogP contribution < -0.4 is 10.5 Å². The Kier molecular flexibility index (Phi) is 6.33. The van der Waals surface area contributed by atoms with Gasteiger partial charge in [-0.05, 0) is 72.2 Å². The van der Waals surface area contributed by atoms with Gasteiger partial charge in [0.15, 0.2) is 0 Å². The molecule has 1 aromatic carbocycles. The van der Waals surface area contributed by atoms with Crippen molar-refractivity contribution in [3.05, 3.63) is 29.3 Å². The summed E-state index contributed by atoms with van der Waals surface area (Å²) in [6.45, 7) is 5.78. The van der Waals surface area contributed by atoms with Crippen molar-refractivity contribution in [2.75, 3.05) is 27.9 Å². The molecule has 1 aromatic rings. The second kappa shape index (κ2) is 7.88. The lowest BCUT2D eigenvalue weighted by molar-refractivity contribution is 0.0538. The summed E-state index contributed by atoms with van der Waals surface area (Å²) < 4.78 is 9.76. The summed E-state index contributed by atoms with van der Waals surface area (Å²) in [6.07, 6.45) is 7.77. The number of hydrogen-bond acceptors (Lipinski definition) is 3. The first-order valence-corrected chi connectivity index (χ1v) is 9.24. The third kappa shape index (κ3) is 3.34. The van der Waals surface area contributed by atoms with Crippen molar-refractivity contribution < 1.29 is 9.47 Å². The van der Waals surface area contributed by atoms with E-state index in [4.69, 9.17) is 10.5 Å². The molecule has 0 amide bonds. The zero-order valence-electron chi connectivity index (χ0n) is 16.2. The Bertz CT molecular complexity index is 545. The van der Waals surface area contributed by atoms with Gasteiger partial charge in [0.1, 0.15) is 5.75 Å². The van der Waals surface area contributed by atoms with Crippen molar-refractivity contribution in [2.24, 2.45) is 11.1 Å². The van der Waals surface area contributed by atoms with E-state index < -0.39 is 0 Å². The maximum absolute atomic E-state index is 5.89. The summed E-state index contributed by atoms with van der Waals surface area (Å²) in [6, 6.07) is 6.73. The Hall–Kier alpha value is -1.06. The normalized spacial score (nSPS) is 31.3. The first kappa shape index (κ1) is 19.3. The summed E-state index contributed by atoms with van der Waals surface area (Å²) >= 11 is 0. The zero-order valence-corrected chi connectivity index (χ0v) is 16.2. The van der Waals surface area contributed by atoms with Crippen LogP contribution in [0.4, 0.5) is 0 Å². The van der Waals surface area contributed by atoms with E-state index in [2.05, 4.69) is 36.8 Å². The minimum atomic E-state index is 0.292. The number of rotatable bonds is 3.